The van der Waals surface area contributed by atoms with Gasteiger partial charge in [0.05, 0.1) is 16.2 Å². The first-order valence-electron chi connectivity index (χ1n) is 42.9. The van der Waals surface area contributed by atoms with Crippen molar-refractivity contribution >= 4 is 51.0 Å². The summed E-state index contributed by atoms with van der Waals surface area (Å²) in [5.74, 6) is 5.43. The van der Waals surface area contributed by atoms with Crippen LogP contribution in [0.15, 0.2) is 102 Å². The number of nitrogens with zero attached hydrogens (tertiary/aromatic N) is 3. The normalized spacial score (nSPS) is 19.8. The van der Waals surface area contributed by atoms with Crippen LogP contribution >= 0.6 is 34.7 Å². The van der Waals surface area contributed by atoms with Crippen LogP contribution < -0.4 is 19.5 Å². The maximum Gasteiger partial charge on any atom is 0.278 e. The molecule has 10 rings (SSSR count). The Bertz CT molecular complexity index is 3650. The number of carbonyl (C=O) groups excluding carboxylic acids is 3. The first-order valence-corrected chi connectivity index (χ1v) is 45.6. The first kappa shape index (κ1) is 103. The van der Waals surface area contributed by atoms with Crippen molar-refractivity contribution in [2.24, 2.45) is 17.8 Å². The lowest BCUT2D eigenvalue weighted by Gasteiger charge is -2.47. The topological polar surface area (TPSA) is 171 Å². The molecule has 4 aromatic rings. The van der Waals surface area contributed by atoms with Crippen molar-refractivity contribution in [3.8, 4) is 34.5 Å². The Balaban J connectivity index is 0.000000368. The number of hydrogen-bond acceptors (Lipinski definition) is 13. The average Bonchev–Trinajstić information content (AvgIpc) is 0.748. The monoisotopic (exact) mass is 1650 g/mol. The predicted molar refractivity (Wildman–Crippen MR) is 478 cm³/mol. The largest absolute Gasteiger partial charge is 0.508 e. The number of fused-ring (bicyclic) bond motifs is 9. The molecule has 1 amide bonds. The van der Waals surface area contributed by atoms with E-state index in [0.717, 1.165) is 109 Å². The fourth-order valence-corrected chi connectivity index (χ4v) is 17.4. The van der Waals surface area contributed by atoms with Gasteiger partial charge in [0, 0.05) is 90.0 Å². The van der Waals surface area contributed by atoms with Crippen LogP contribution in [0.25, 0.3) is 0 Å². The molecule has 6 aliphatic rings. The van der Waals surface area contributed by atoms with Gasteiger partial charge in [0.15, 0.2) is 5.12 Å². The van der Waals surface area contributed by atoms with Gasteiger partial charge in [-0.2, -0.15) is 4.31 Å². The Labute approximate surface area is 700 Å². The Morgan fingerprint density at radius 1 is 0.509 bits per heavy atom. The molecular formula is C95H152ClF3N4O9S2. The number of rotatable bonds is 24. The lowest BCUT2D eigenvalue weighted by atomic mass is 9.66. The summed E-state index contributed by atoms with van der Waals surface area (Å²) >= 11 is 2.17. The van der Waals surface area contributed by atoms with Gasteiger partial charge in [0.2, 0.25) is 11.1 Å². The van der Waals surface area contributed by atoms with Crippen molar-refractivity contribution < 1.29 is 55.6 Å². The van der Waals surface area contributed by atoms with E-state index in [0.29, 0.717) is 52.8 Å². The van der Waals surface area contributed by atoms with Crippen LogP contribution in [0.2, 0.25) is 0 Å². The second-order valence-electron chi connectivity index (χ2n) is 34.9. The van der Waals surface area contributed by atoms with Crippen molar-refractivity contribution in [1.82, 2.24) is 19.5 Å². The molecule has 3 aromatic carbocycles. The summed E-state index contributed by atoms with van der Waals surface area (Å²) < 4.78 is 56.0. The third-order valence-electron chi connectivity index (χ3n) is 23.4. The van der Waals surface area contributed by atoms with E-state index in [-0.39, 0.29) is 75.9 Å². The number of phenols is 3. The maximum absolute atomic E-state index is 12.9. The lowest BCUT2D eigenvalue weighted by Crippen LogP contribution is -2.45. The number of unbranched alkanes of at least 4 members (excludes halogenated alkanes) is 6. The van der Waals surface area contributed by atoms with Crippen LogP contribution in [-0.4, -0.2) is 108 Å². The number of hydrogen-bond donors (Lipinski definition) is 4. The molecule has 0 unspecified atom stereocenters. The molecule has 0 saturated heterocycles. The van der Waals surface area contributed by atoms with E-state index >= 15 is 0 Å². The van der Waals surface area contributed by atoms with Crippen molar-refractivity contribution in [2.45, 2.75) is 346 Å². The SMILES string of the molecule is CC1=CC[C@@H]2[C@@H](C1)c1c(O)cc(C(C)(C)C(=O)Cl)cc1OC2(C)C.CCCC.CCCCCC.CCCCCNC(=O)C(C)(C)c1cc(O)c2c(c1)OC(C)(C)[C@@H]1CC=C(C)C[C@@H]21.CCCN(CCC)S(F)(F)F.CCCSC(=O)C(C)(C)c1cc(O)c2c(c1)OC(C)(C)[C@@H]1CC=C(C)C[C@@H]21.CCN(CC)CC.c1ccncc1. The van der Waals surface area contributed by atoms with Crippen molar-refractivity contribution in [3.63, 3.8) is 0 Å². The third-order valence-corrected chi connectivity index (χ3v) is 26.2. The molecule has 0 bridgehead atoms. The zero-order chi connectivity index (χ0) is 86.3. The highest BCUT2D eigenvalue weighted by Crippen LogP contribution is 2.59. The van der Waals surface area contributed by atoms with Gasteiger partial charge in [-0.3, -0.25) is 19.4 Å². The van der Waals surface area contributed by atoms with Gasteiger partial charge < -0.3 is 39.7 Å². The molecule has 0 radical (unpaired) electrons. The average molecular weight is 1650 g/mol. The summed E-state index contributed by atoms with van der Waals surface area (Å²) in [4.78, 5) is 43.5. The van der Waals surface area contributed by atoms with Gasteiger partial charge >= 0.3 is 0 Å². The second kappa shape index (κ2) is 47.8. The van der Waals surface area contributed by atoms with E-state index in [9.17, 15) is 41.4 Å². The van der Waals surface area contributed by atoms with E-state index in [4.69, 9.17) is 25.8 Å². The summed E-state index contributed by atoms with van der Waals surface area (Å²) in [6, 6.07) is 16.8. The van der Waals surface area contributed by atoms with Gasteiger partial charge in [-0.25, -0.2) is 0 Å². The van der Waals surface area contributed by atoms with E-state index in [1.165, 1.54) is 86.6 Å². The Kier molecular flexibility index (Phi) is 43.0. The molecule has 4 N–H and O–H groups in total. The predicted octanol–water partition coefficient (Wildman–Crippen LogP) is 26.9. The van der Waals surface area contributed by atoms with Crippen LogP contribution in [0.4, 0.5) is 11.7 Å². The van der Waals surface area contributed by atoms with Crippen molar-refractivity contribution in [2.75, 3.05) is 45.0 Å². The fraction of sp³-hybridized carbons (Fsp3) is 0.663. The number of aromatic nitrogens is 1. The highest BCUT2D eigenvalue weighted by Gasteiger charge is 2.50. The van der Waals surface area contributed by atoms with E-state index in [2.05, 4.69) is 158 Å². The summed E-state index contributed by atoms with van der Waals surface area (Å²) in [5.41, 5.74) is 5.84. The van der Waals surface area contributed by atoms with Crippen molar-refractivity contribution in [1.29, 1.82) is 0 Å². The Morgan fingerprint density at radius 2 is 0.851 bits per heavy atom. The summed E-state index contributed by atoms with van der Waals surface area (Å²) in [5, 5.41) is 35.4. The van der Waals surface area contributed by atoms with Crippen LogP contribution in [0.5, 0.6) is 34.5 Å². The summed E-state index contributed by atoms with van der Waals surface area (Å²) in [6.07, 6.45) is 29.6. The molecule has 0 fully saturated rings. The molecular weight excluding hydrogens is 1500 g/mol. The summed E-state index contributed by atoms with van der Waals surface area (Å²) in [6.45, 7) is 58.1. The Morgan fingerprint density at radius 3 is 1.12 bits per heavy atom. The first-order chi connectivity index (χ1) is 53.4. The van der Waals surface area contributed by atoms with Gasteiger partial charge in [-0.05, 0) is 265 Å². The smallest absolute Gasteiger partial charge is 0.278 e. The number of halogens is 4. The van der Waals surface area contributed by atoms with Crippen LogP contribution in [0, 0.1) is 17.8 Å². The number of ether oxygens (including phenoxy) is 3. The number of carbonyl (C=O) groups is 3. The molecule has 6 atom stereocenters. The van der Waals surface area contributed by atoms with E-state index in [1.54, 1.807) is 58.3 Å². The molecule has 4 heterocycles. The zero-order valence-corrected chi connectivity index (χ0v) is 77.6. The van der Waals surface area contributed by atoms with Crippen LogP contribution in [0.1, 0.15) is 347 Å². The molecule has 114 heavy (non-hydrogen) atoms. The number of thioether (sulfide) groups is 1. The minimum absolute atomic E-state index is 0.0163. The number of pyridine rings is 1. The van der Waals surface area contributed by atoms with Crippen LogP contribution in [-0.2, 0) is 30.6 Å². The molecule has 13 nitrogen and oxygen atoms in total. The molecule has 0 spiro atoms. The zero-order valence-electron chi connectivity index (χ0n) is 75.2. The van der Waals surface area contributed by atoms with Crippen LogP contribution in [0.3, 0.4) is 0 Å². The number of amides is 1. The van der Waals surface area contributed by atoms with Gasteiger partial charge in [0.25, 0.3) is 11.4 Å². The van der Waals surface area contributed by atoms with Gasteiger partial charge in [-0.1, -0.05) is 180 Å². The molecule has 3 aliphatic heterocycles. The molecule has 0 saturated carbocycles. The number of allylic oxidation sites excluding steroid dienone is 6. The maximum atomic E-state index is 12.9. The third kappa shape index (κ3) is 29.4. The highest BCUT2D eigenvalue weighted by molar-refractivity contribution is 8.18. The number of benzene rings is 3. The number of nitrogens with one attached hydrogen (secondary N) is 1. The van der Waals surface area contributed by atoms with E-state index < -0.39 is 32.9 Å². The molecule has 19 heteroatoms. The standard InChI is InChI=1S/C25H37NO3.C23H32O3S.C20H25ClO3.C6H14F3NS.C6H15N.C6H14.C5H5N.C4H10/c1-7-8-9-12-26-23(28)24(3,4)17-14-20(27)22-18-13-16(2)10-11-19(18)25(5,6)29-21(22)15-17;1-7-10-27-21(25)22(3,4)15-12-18(24)20-16-11-14(2)8-9-17(16)23(5,6)26-19(20)13-15;1-11-6-7-14-13(8-11)17-15(22)9-12(19(2,3)18(21)23)10-16(17)24-20(14,4)5;1-3-5-10(6-4-2)11(7,8)9;1-4-7(5-2)6-3;1-3-5-6-4-2;1-2-4-6-5-3-1;1-3-4-2/h10,14-15,18-19,27H,7-9,11-13H2,1-6H3,(H,26,28);8,12-13,16-17,24H,7,9-11H2,1-6H3;6,9-10,13-14,22H,7-8H2,1-5H3;3-6H2,1-2H3;4-6H2,1-3H3;3-6H2,1-2H3;1-5H;3-4H2,1-2H3/t18-,19-;16-,17-;13-,14-;;;;;/m111...../s1. The molecule has 3 aliphatic carbocycles. The van der Waals surface area contributed by atoms with Crippen molar-refractivity contribution in [3.05, 3.63) is 135 Å². The second-order valence-corrected chi connectivity index (χ2v) is 37.5. The minimum atomic E-state index is -4.96. The summed E-state index contributed by atoms with van der Waals surface area (Å²) in [7, 11) is 0. The molecule has 1 aromatic heterocycles. The number of aromatic hydroxyl groups is 3. The molecule has 646 valence electrons. The quantitative estimate of drug-likeness (QED) is 0.0297. The van der Waals surface area contributed by atoms with E-state index in [1.807, 2.05) is 64.1 Å². The van der Waals surface area contributed by atoms with Gasteiger partial charge in [-0.15, -0.1) is 11.7 Å². The Hall–Kier alpha value is -5.66. The number of phenolic OH excluding ortho intramolecular Hbond substituents is 3. The fourth-order valence-electron chi connectivity index (χ4n) is 15.6. The lowest BCUT2D eigenvalue weighted by molar-refractivity contribution is -0.125. The highest BCUT2D eigenvalue weighted by atomic mass is 35.5. The van der Waals surface area contributed by atoms with Gasteiger partial charge in [0.1, 0.15) is 51.3 Å². The minimum Gasteiger partial charge on any atom is -0.508 e.